The Bertz CT molecular complexity index is 223. The molecule has 2 rings (SSSR count). The van der Waals surface area contributed by atoms with Crippen molar-refractivity contribution in [2.75, 3.05) is 26.7 Å². The Kier molecular flexibility index (Phi) is 5.97. The molecule has 2 aliphatic rings. The maximum Gasteiger partial charge on any atom is 0.00947 e. The fourth-order valence-electron chi connectivity index (χ4n) is 3.78. The zero-order chi connectivity index (χ0) is 12.8. The zero-order valence-corrected chi connectivity index (χ0v) is 12.5. The Labute approximate surface area is 114 Å². The Morgan fingerprint density at radius 1 is 1.17 bits per heavy atom. The minimum atomic E-state index is 0.873. The number of piperidine rings is 1. The maximum absolute atomic E-state index is 3.53. The van der Waals surface area contributed by atoms with E-state index in [1.165, 1.54) is 71.0 Å². The van der Waals surface area contributed by atoms with Gasteiger partial charge in [0.1, 0.15) is 0 Å². The van der Waals surface area contributed by atoms with Crippen LogP contribution < -0.4 is 5.32 Å². The van der Waals surface area contributed by atoms with Crippen LogP contribution in [0.25, 0.3) is 0 Å². The second-order valence-electron chi connectivity index (χ2n) is 6.76. The third-order valence-corrected chi connectivity index (χ3v) is 5.05. The zero-order valence-electron chi connectivity index (χ0n) is 12.5. The topological polar surface area (TPSA) is 15.3 Å². The summed E-state index contributed by atoms with van der Waals surface area (Å²) in [5.41, 5.74) is 0. The standard InChI is InChI=1S/C16H32N2/c1-14-6-3-9-16(12-14)18(2)11-5-8-15-7-4-10-17-13-15/h14-17H,3-13H2,1-2H3. The molecule has 2 fully saturated rings. The number of hydrogen-bond acceptors (Lipinski definition) is 2. The molecule has 18 heavy (non-hydrogen) atoms. The first kappa shape index (κ1) is 14.3. The average Bonchev–Trinajstić information content (AvgIpc) is 2.40. The summed E-state index contributed by atoms with van der Waals surface area (Å²) in [6.45, 7) is 6.25. The highest BCUT2D eigenvalue weighted by Crippen LogP contribution is 2.27. The molecule has 1 heterocycles. The lowest BCUT2D eigenvalue weighted by atomic mass is 9.86. The number of rotatable bonds is 5. The highest BCUT2D eigenvalue weighted by molar-refractivity contribution is 4.77. The fraction of sp³-hybridized carbons (Fsp3) is 1.00. The summed E-state index contributed by atoms with van der Waals surface area (Å²) in [6.07, 6.45) is 11.4. The summed E-state index contributed by atoms with van der Waals surface area (Å²) < 4.78 is 0. The minimum absolute atomic E-state index is 0.873. The van der Waals surface area contributed by atoms with Gasteiger partial charge in [0.05, 0.1) is 0 Å². The molecule has 3 unspecified atom stereocenters. The first-order valence-corrected chi connectivity index (χ1v) is 8.16. The summed E-state index contributed by atoms with van der Waals surface area (Å²) in [5, 5.41) is 3.53. The second-order valence-corrected chi connectivity index (χ2v) is 6.76. The number of nitrogens with one attached hydrogen (secondary N) is 1. The lowest BCUT2D eigenvalue weighted by molar-refractivity contribution is 0.158. The van der Waals surface area contributed by atoms with Gasteiger partial charge in [-0.2, -0.15) is 0 Å². The maximum atomic E-state index is 3.53. The number of hydrogen-bond donors (Lipinski definition) is 1. The molecule has 0 radical (unpaired) electrons. The SMILES string of the molecule is CC1CCCC(N(C)CCCC2CCCNC2)C1. The van der Waals surface area contributed by atoms with Crippen molar-refractivity contribution < 1.29 is 0 Å². The van der Waals surface area contributed by atoms with E-state index in [9.17, 15) is 0 Å². The van der Waals surface area contributed by atoms with E-state index in [1.807, 2.05) is 0 Å². The quantitative estimate of drug-likeness (QED) is 0.808. The first-order valence-electron chi connectivity index (χ1n) is 8.16. The van der Waals surface area contributed by atoms with Crippen LogP contribution in [0.4, 0.5) is 0 Å². The van der Waals surface area contributed by atoms with Crippen LogP contribution in [0.2, 0.25) is 0 Å². The van der Waals surface area contributed by atoms with Gasteiger partial charge in [-0.05, 0) is 77.0 Å². The molecule has 1 saturated carbocycles. The first-order chi connectivity index (χ1) is 8.75. The van der Waals surface area contributed by atoms with Gasteiger partial charge >= 0.3 is 0 Å². The summed E-state index contributed by atoms with van der Waals surface area (Å²) in [6, 6.07) is 0.873. The summed E-state index contributed by atoms with van der Waals surface area (Å²) in [7, 11) is 2.35. The molecule has 2 heteroatoms. The lowest BCUT2D eigenvalue weighted by Crippen LogP contribution is -2.36. The summed E-state index contributed by atoms with van der Waals surface area (Å²) in [5.74, 6) is 1.91. The van der Waals surface area contributed by atoms with Crippen molar-refractivity contribution in [2.45, 2.75) is 64.3 Å². The molecular weight excluding hydrogens is 220 g/mol. The fourth-order valence-corrected chi connectivity index (χ4v) is 3.78. The van der Waals surface area contributed by atoms with Crippen molar-refractivity contribution in [3.8, 4) is 0 Å². The molecule has 0 aromatic rings. The van der Waals surface area contributed by atoms with Crippen LogP contribution >= 0.6 is 0 Å². The van der Waals surface area contributed by atoms with Crippen molar-refractivity contribution in [1.82, 2.24) is 10.2 Å². The predicted molar refractivity (Wildman–Crippen MR) is 78.9 cm³/mol. The van der Waals surface area contributed by atoms with Gasteiger partial charge in [0.2, 0.25) is 0 Å². The molecule has 0 aromatic heterocycles. The van der Waals surface area contributed by atoms with Crippen molar-refractivity contribution in [3.05, 3.63) is 0 Å². The Morgan fingerprint density at radius 2 is 2.06 bits per heavy atom. The van der Waals surface area contributed by atoms with E-state index in [4.69, 9.17) is 0 Å². The van der Waals surface area contributed by atoms with Gasteiger partial charge < -0.3 is 10.2 Å². The third-order valence-electron chi connectivity index (χ3n) is 5.05. The third kappa shape index (κ3) is 4.55. The van der Waals surface area contributed by atoms with Gasteiger partial charge in [-0.3, -0.25) is 0 Å². The van der Waals surface area contributed by atoms with Crippen LogP contribution in [-0.4, -0.2) is 37.6 Å². The van der Waals surface area contributed by atoms with E-state index in [0.29, 0.717) is 0 Å². The van der Waals surface area contributed by atoms with Crippen LogP contribution in [-0.2, 0) is 0 Å². The molecule has 1 saturated heterocycles. The molecule has 0 bridgehead atoms. The van der Waals surface area contributed by atoms with Gasteiger partial charge in [0, 0.05) is 6.04 Å². The average molecular weight is 252 g/mol. The van der Waals surface area contributed by atoms with E-state index < -0.39 is 0 Å². The lowest BCUT2D eigenvalue weighted by Gasteiger charge is -2.34. The Hall–Kier alpha value is -0.0800. The molecule has 0 spiro atoms. The van der Waals surface area contributed by atoms with Gasteiger partial charge in [-0.25, -0.2) is 0 Å². The van der Waals surface area contributed by atoms with Crippen LogP contribution in [0, 0.1) is 11.8 Å². The summed E-state index contributed by atoms with van der Waals surface area (Å²) >= 11 is 0. The molecule has 0 amide bonds. The Balaban J connectivity index is 1.60. The van der Waals surface area contributed by atoms with Crippen LogP contribution in [0.3, 0.4) is 0 Å². The van der Waals surface area contributed by atoms with Crippen LogP contribution in [0.1, 0.15) is 58.3 Å². The molecule has 2 nitrogen and oxygen atoms in total. The van der Waals surface area contributed by atoms with E-state index in [0.717, 1.165) is 17.9 Å². The van der Waals surface area contributed by atoms with Crippen molar-refractivity contribution >= 4 is 0 Å². The molecule has 0 aromatic carbocycles. The van der Waals surface area contributed by atoms with Gasteiger partial charge in [-0.1, -0.05) is 19.8 Å². The molecule has 1 aliphatic heterocycles. The molecule has 1 aliphatic carbocycles. The van der Waals surface area contributed by atoms with Crippen LogP contribution in [0.15, 0.2) is 0 Å². The van der Waals surface area contributed by atoms with Gasteiger partial charge in [0.15, 0.2) is 0 Å². The van der Waals surface area contributed by atoms with E-state index in [1.54, 1.807) is 0 Å². The highest BCUT2D eigenvalue weighted by Gasteiger charge is 2.22. The normalized spacial score (nSPS) is 33.8. The van der Waals surface area contributed by atoms with Crippen molar-refractivity contribution in [3.63, 3.8) is 0 Å². The van der Waals surface area contributed by atoms with E-state index in [2.05, 4.69) is 24.2 Å². The minimum Gasteiger partial charge on any atom is -0.316 e. The van der Waals surface area contributed by atoms with Crippen LogP contribution in [0.5, 0.6) is 0 Å². The molecule has 3 atom stereocenters. The van der Waals surface area contributed by atoms with Crippen molar-refractivity contribution in [1.29, 1.82) is 0 Å². The predicted octanol–water partition coefficient (Wildman–Crippen LogP) is 3.28. The molecular formula is C16H32N2. The highest BCUT2D eigenvalue weighted by atomic mass is 15.1. The molecule has 106 valence electrons. The largest absolute Gasteiger partial charge is 0.316 e. The van der Waals surface area contributed by atoms with Gasteiger partial charge in [0.25, 0.3) is 0 Å². The van der Waals surface area contributed by atoms with Crippen molar-refractivity contribution in [2.24, 2.45) is 11.8 Å². The monoisotopic (exact) mass is 252 g/mol. The Morgan fingerprint density at radius 3 is 2.78 bits per heavy atom. The second kappa shape index (κ2) is 7.49. The summed E-state index contributed by atoms with van der Waals surface area (Å²) in [4.78, 5) is 2.64. The number of nitrogens with zero attached hydrogens (tertiary/aromatic N) is 1. The van der Waals surface area contributed by atoms with E-state index in [-0.39, 0.29) is 0 Å². The van der Waals surface area contributed by atoms with Gasteiger partial charge in [-0.15, -0.1) is 0 Å². The van der Waals surface area contributed by atoms with E-state index >= 15 is 0 Å². The smallest absolute Gasteiger partial charge is 0.00947 e. The molecule has 1 N–H and O–H groups in total.